The van der Waals surface area contributed by atoms with Crippen molar-refractivity contribution >= 4 is 6.03 Å². The van der Waals surface area contributed by atoms with Crippen LogP contribution in [0.2, 0.25) is 0 Å². The summed E-state index contributed by atoms with van der Waals surface area (Å²) in [5.74, 6) is 0. The molecule has 19 heavy (non-hydrogen) atoms. The predicted molar refractivity (Wildman–Crippen MR) is 77.1 cm³/mol. The van der Waals surface area contributed by atoms with Crippen LogP contribution in [-0.2, 0) is 10.3 Å². The molecule has 0 spiro atoms. The monoisotopic (exact) mass is 264 g/mol. The first kappa shape index (κ1) is 15.5. The molecular formula is C15H24N2O2. The van der Waals surface area contributed by atoms with E-state index >= 15 is 0 Å². The molecule has 2 amide bonds. The van der Waals surface area contributed by atoms with E-state index < -0.39 is 5.60 Å². The Morgan fingerprint density at radius 3 is 2.42 bits per heavy atom. The number of carbonyl (C=O) groups is 1. The number of benzene rings is 1. The van der Waals surface area contributed by atoms with Gasteiger partial charge in [-0.1, -0.05) is 37.3 Å². The van der Waals surface area contributed by atoms with Crippen molar-refractivity contribution in [1.29, 1.82) is 0 Å². The number of hydrogen-bond acceptors (Lipinski definition) is 2. The Morgan fingerprint density at radius 1 is 1.32 bits per heavy atom. The van der Waals surface area contributed by atoms with Crippen molar-refractivity contribution in [3.63, 3.8) is 0 Å². The van der Waals surface area contributed by atoms with E-state index in [1.807, 2.05) is 44.2 Å². The largest absolute Gasteiger partial charge is 0.372 e. The molecule has 0 saturated heterocycles. The van der Waals surface area contributed by atoms with E-state index in [1.165, 1.54) is 0 Å². The lowest BCUT2D eigenvalue weighted by atomic mass is 9.91. The van der Waals surface area contributed by atoms with Crippen LogP contribution in [0.5, 0.6) is 0 Å². The van der Waals surface area contributed by atoms with Crippen molar-refractivity contribution in [2.75, 3.05) is 13.7 Å². The summed E-state index contributed by atoms with van der Waals surface area (Å²) in [5.41, 5.74) is 0.597. The first-order chi connectivity index (χ1) is 9.04. The lowest BCUT2D eigenvalue weighted by Crippen LogP contribution is -2.47. The van der Waals surface area contributed by atoms with Crippen molar-refractivity contribution in [3.05, 3.63) is 35.9 Å². The summed E-state index contributed by atoms with van der Waals surface area (Å²) >= 11 is 0. The number of hydrogen-bond donors (Lipinski definition) is 2. The van der Waals surface area contributed by atoms with Gasteiger partial charge in [0, 0.05) is 13.2 Å². The standard InChI is InChI=1S/C15H24N2O2/c1-5-15(19-4,13-9-7-6-8-10-13)11-16-14(18)17-12(2)3/h6-10,12H,5,11H2,1-4H3,(H2,16,17,18). The molecular weight excluding hydrogens is 240 g/mol. The minimum Gasteiger partial charge on any atom is -0.372 e. The van der Waals surface area contributed by atoms with Crippen LogP contribution in [0, 0.1) is 0 Å². The van der Waals surface area contributed by atoms with Gasteiger partial charge in [0.2, 0.25) is 0 Å². The van der Waals surface area contributed by atoms with Crippen molar-refractivity contribution in [2.45, 2.75) is 38.8 Å². The highest BCUT2D eigenvalue weighted by Crippen LogP contribution is 2.27. The lowest BCUT2D eigenvalue weighted by Gasteiger charge is -2.32. The van der Waals surface area contributed by atoms with E-state index in [2.05, 4.69) is 17.6 Å². The van der Waals surface area contributed by atoms with Crippen molar-refractivity contribution in [3.8, 4) is 0 Å². The molecule has 0 saturated carbocycles. The van der Waals surface area contributed by atoms with E-state index in [9.17, 15) is 4.79 Å². The molecule has 0 aliphatic rings. The Hall–Kier alpha value is -1.55. The molecule has 1 aromatic rings. The van der Waals surface area contributed by atoms with Crippen molar-refractivity contribution in [2.24, 2.45) is 0 Å². The van der Waals surface area contributed by atoms with Crippen molar-refractivity contribution < 1.29 is 9.53 Å². The lowest BCUT2D eigenvalue weighted by molar-refractivity contribution is -0.0152. The average molecular weight is 264 g/mol. The van der Waals surface area contributed by atoms with Gasteiger partial charge in [-0.15, -0.1) is 0 Å². The number of methoxy groups -OCH3 is 1. The summed E-state index contributed by atoms with van der Waals surface area (Å²) in [7, 11) is 1.68. The zero-order valence-corrected chi connectivity index (χ0v) is 12.2. The highest BCUT2D eigenvalue weighted by atomic mass is 16.5. The highest BCUT2D eigenvalue weighted by Gasteiger charge is 2.30. The van der Waals surface area contributed by atoms with Crippen LogP contribution < -0.4 is 10.6 Å². The summed E-state index contributed by atoms with van der Waals surface area (Å²) in [4.78, 5) is 11.7. The second kappa shape index (κ2) is 7.14. The molecule has 0 heterocycles. The van der Waals surface area contributed by atoms with Crippen LogP contribution in [0.3, 0.4) is 0 Å². The smallest absolute Gasteiger partial charge is 0.315 e. The number of urea groups is 1. The first-order valence-corrected chi connectivity index (χ1v) is 6.69. The molecule has 1 aromatic carbocycles. The van der Waals surface area contributed by atoms with Crippen LogP contribution in [0.4, 0.5) is 4.79 Å². The Balaban J connectivity index is 2.75. The van der Waals surface area contributed by atoms with Crippen LogP contribution in [0.25, 0.3) is 0 Å². The van der Waals surface area contributed by atoms with Gasteiger partial charge in [-0.3, -0.25) is 0 Å². The zero-order chi connectivity index (χ0) is 14.3. The van der Waals surface area contributed by atoms with Gasteiger partial charge < -0.3 is 15.4 Å². The van der Waals surface area contributed by atoms with E-state index in [0.717, 1.165) is 12.0 Å². The third-order valence-corrected chi connectivity index (χ3v) is 3.22. The van der Waals surface area contributed by atoms with E-state index in [1.54, 1.807) is 7.11 Å². The van der Waals surface area contributed by atoms with Gasteiger partial charge in [0.15, 0.2) is 0 Å². The summed E-state index contributed by atoms with van der Waals surface area (Å²) in [5, 5.41) is 5.69. The normalized spacial score (nSPS) is 13.9. The molecule has 0 fully saturated rings. The van der Waals surface area contributed by atoms with Crippen molar-refractivity contribution in [1.82, 2.24) is 10.6 Å². The summed E-state index contributed by atoms with van der Waals surface area (Å²) in [6.07, 6.45) is 0.787. The molecule has 4 nitrogen and oxygen atoms in total. The number of carbonyl (C=O) groups excluding carboxylic acids is 1. The predicted octanol–water partition coefficient (Wildman–Crippen LogP) is 2.65. The number of ether oxygens (including phenoxy) is 1. The maximum absolute atomic E-state index is 11.7. The molecule has 1 rings (SSSR count). The summed E-state index contributed by atoms with van der Waals surface area (Å²) in [6.45, 7) is 6.36. The minimum absolute atomic E-state index is 0.121. The van der Waals surface area contributed by atoms with Crippen LogP contribution >= 0.6 is 0 Å². The Morgan fingerprint density at radius 2 is 1.95 bits per heavy atom. The highest BCUT2D eigenvalue weighted by molar-refractivity contribution is 5.74. The fraction of sp³-hybridized carbons (Fsp3) is 0.533. The maximum Gasteiger partial charge on any atom is 0.315 e. The number of rotatable bonds is 6. The molecule has 4 heteroatoms. The second-order valence-electron chi connectivity index (χ2n) is 4.90. The fourth-order valence-electron chi connectivity index (χ4n) is 2.04. The minimum atomic E-state index is -0.477. The molecule has 1 unspecified atom stereocenters. The molecule has 106 valence electrons. The molecule has 0 radical (unpaired) electrons. The van der Waals surface area contributed by atoms with Gasteiger partial charge in [0.25, 0.3) is 0 Å². The molecule has 2 N–H and O–H groups in total. The van der Waals surface area contributed by atoms with Gasteiger partial charge in [-0.05, 0) is 25.8 Å². The third kappa shape index (κ3) is 4.24. The third-order valence-electron chi connectivity index (χ3n) is 3.22. The van der Waals surface area contributed by atoms with Gasteiger partial charge >= 0.3 is 6.03 Å². The van der Waals surface area contributed by atoms with Crippen LogP contribution in [0.15, 0.2) is 30.3 Å². The van der Waals surface area contributed by atoms with Gasteiger partial charge in [-0.2, -0.15) is 0 Å². The quantitative estimate of drug-likeness (QED) is 0.830. The molecule has 1 atom stereocenters. The fourth-order valence-corrected chi connectivity index (χ4v) is 2.04. The van der Waals surface area contributed by atoms with Crippen LogP contribution in [0.1, 0.15) is 32.8 Å². The average Bonchev–Trinajstić information content (AvgIpc) is 2.41. The molecule has 0 aliphatic carbocycles. The maximum atomic E-state index is 11.7. The van der Waals surface area contributed by atoms with Gasteiger partial charge in [-0.25, -0.2) is 4.79 Å². The Bertz CT molecular complexity index is 386. The topological polar surface area (TPSA) is 50.4 Å². The van der Waals surface area contributed by atoms with E-state index in [4.69, 9.17) is 4.74 Å². The first-order valence-electron chi connectivity index (χ1n) is 6.69. The van der Waals surface area contributed by atoms with Gasteiger partial charge in [0.05, 0.1) is 6.54 Å². The molecule has 0 bridgehead atoms. The number of amides is 2. The Labute approximate surface area is 115 Å². The second-order valence-corrected chi connectivity index (χ2v) is 4.90. The van der Waals surface area contributed by atoms with E-state index in [0.29, 0.717) is 6.54 Å². The van der Waals surface area contributed by atoms with Crippen LogP contribution in [-0.4, -0.2) is 25.7 Å². The zero-order valence-electron chi connectivity index (χ0n) is 12.2. The molecule has 0 aliphatic heterocycles. The van der Waals surface area contributed by atoms with Gasteiger partial charge in [0.1, 0.15) is 5.60 Å². The summed E-state index contributed by atoms with van der Waals surface area (Å²) < 4.78 is 5.69. The SMILES string of the molecule is CCC(CNC(=O)NC(C)C)(OC)c1ccccc1. The Kier molecular flexibility index (Phi) is 5.83. The summed E-state index contributed by atoms with van der Waals surface area (Å²) in [6, 6.07) is 9.93. The van der Waals surface area contributed by atoms with E-state index in [-0.39, 0.29) is 12.1 Å². The molecule has 0 aromatic heterocycles. The number of nitrogens with one attached hydrogen (secondary N) is 2.